The SMILES string of the molecule is C[S+]([O-])CCC(=O)c1ccccc1. The first-order valence-corrected chi connectivity index (χ1v) is 5.81. The number of carbonyl (C=O) groups excluding carboxylic acids is 1. The maximum absolute atomic E-state index is 11.4. The van der Waals surface area contributed by atoms with Crippen molar-refractivity contribution in [1.82, 2.24) is 0 Å². The molecule has 0 aromatic heterocycles. The average molecular weight is 196 g/mol. The van der Waals surface area contributed by atoms with Crippen molar-refractivity contribution in [3.63, 3.8) is 0 Å². The van der Waals surface area contributed by atoms with E-state index in [2.05, 4.69) is 0 Å². The fourth-order valence-electron chi connectivity index (χ4n) is 1.00. The van der Waals surface area contributed by atoms with Crippen molar-refractivity contribution in [2.24, 2.45) is 0 Å². The Labute approximate surface area is 81.1 Å². The minimum Gasteiger partial charge on any atom is -0.617 e. The summed E-state index contributed by atoms with van der Waals surface area (Å²) in [7, 11) is 0. The summed E-state index contributed by atoms with van der Waals surface area (Å²) < 4.78 is 10.7. The second-order valence-electron chi connectivity index (χ2n) is 2.82. The molecule has 0 aliphatic heterocycles. The molecular formula is C10H12O2S. The Bertz CT molecular complexity index is 270. The van der Waals surface area contributed by atoms with Crippen LogP contribution >= 0.6 is 0 Å². The molecule has 1 aromatic rings. The second-order valence-corrected chi connectivity index (χ2v) is 4.37. The van der Waals surface area contributed by atoms with Crippen LogP contribution in [0.1, 0.15) is 16.8 Å². The Hall–Kier alpha value is -0.800. The molecule has 0 radical (unpaired) electrons. The largest absolute Gasteiger partial charge is 0.617 e. The van der Waals surface area contributed by atoms with Gasteiger partial charge in [0, 0.05) is 5.56 Å². The standard InChI is InChI=1S/C10H12O2S/c1-13(12)8-7-10(11)9-5-3-2-4-6-9/h2-6H,7-8H2,1H3. The van der Waals surface area contributed by atoms with Gasteiger partial charge in [0.15, 0.2) is 5.78 Å². The van der Waals surface area contributed by atoms with E-state index in [1.807, 2.05) is 18.2 Å². The zero-order valence-electron chi connectivity index (χ0n) is 7.53. The Morgan fingerprint density at radius 2 is 2.00 bits per heavy atom. The molecule has 0 heterocycles. The third-order valence-electron chi connectivity index (χ3n) is 1.71. The first-order valence-electron chi connectivity index (χ1n) is 4.08. The van der Waals surface area contributed by atoms with E-state index < -0.39 is 11.2 Å². The zero-order valence-corrected chi connectivity index (χ0v) is 8.34. The fourth-order valence-corrected chi connectivity index (χ4v) is 1.48. The van der Waals surface area contributed by atoms with Crippen molar-refractivity contribution in [2.45, 2.75) is 6.42 Å². The van der Waals surface area contributed by atoms with Crippen LogP contribution in [0.15, 0.2) is 30.3 Å². The molecule has 3 heteroatoms. The molecule has 0 N–H and O–H groups in total. The molecule has 1 unspecified atom stereocenters. The molecule has 0 bridgehead atoms. The van der Waals surface area contributed by atoms with Crippen molar-refractivity contribution in [3.05, 3.63) is 35.9 Å². The van der Waals surface area contributed by atoms with Crippen LogP contribution < -0.4 is 0 Å². The molecule has 1 aromatic carbocycles. The molecule has 2 nitrogen and oxygen atoms in total. The first-order chi connectivity index (χ1) is 6.20. The zero-order chi connectivity index (χ0) is 9.68. The van der Waals surface area contributed by atoms with Crippen LogP contribution in [0.5, 0.6) is 0 Å². The lowest BCUT2D eigenvalue weighted by atomic mass is 10.1. The number of ketones is 1. The number of Topliss-reactive ketones (excluding diaryl/α,β-unsaturated/α-hetero) is 1. The Morgan fingerprint density at radius 3 is 2.54 bits per heavy atom. The molecular weight excluding hydrogens is 184 g/mol. The van der Waals surface area contributed by atoms with Gasteiger partial charge in [0.1, 0.15) is 5.75 Å². The van der Waals surface area contributed by atoms with Crippen LogP contribution in [0.4, 0.5) is 0 Å². The van der Waals surface area contributed by atoms with E-state index in [0.29, 0.717) is 17.7 Å². The molecule has 0 amide bonds. The van der Waals surface area contributed by atoms with Gasteiger partial charge in [-0.05, 0) is 0 Å². The van der Waals surface area contributed by atoms with Gasteiger partial charge < -0.3 is 4.55 Å². The van der Waals surface area contributed by atoms with Gasteiger partial charge in [-0.15, -0.1) is 0 Å². The summed E-state index contributed by atoms with van der Waals surface area (Å²) in [4.78, 5) is 11.4. The van der Waals surface area contributed by atoms with Crippen molar-refractivity contribution in [2.75, 3.05) is 12.0 Å². The minimum absolute atomic E-state index is 0.0656. The molecule has 0 saturated carbocycles. The number of carbonyl (C=O) groups is 1. The van der Waals surface area contributed by atoms with Crippen LogP contribution in [0, 0.1) is 0 Å². The van der Waals surface area contributed by atoms with Crippen LogP contribution in [0.25, 0.3) is 0 Å². The van der Waals surface area contributed by atoms with Gasteiger partial charge in [0.2, 0.25) is 0 Å². The molecule has 0 saturated heterocycles. The maximum atomic E-state index is 11.4. The highest BCUT2D eigenvalue weighted by Crippen LogP contribution is 2.03. The van der Waals surface area contributed by atoms with E-state index in [-0.39, 0.29) is 5.78 Å². The van der Waals surface area contributed by atoms with Gasteiger partial charge in [-0.25, -0.2) is 0 Å². The fraction of sp³-hybridized carbons (Fsp3) is 0.300. The van der Waals surface area contributed by atoms with Crippen LogP contribution in [0.2, 0.25) is 0 Å². The van der Waals surface area contributed by atoms with Crippen LogP contribution in [-0.4, -0.2) is 22.3 Å². The highest BCUT2D eigenvalue weighted by atomic mass is 32.2. The number of benzene rings is 1. The first kappa shape index (κ1) is 10.3. The van der Waals surface area contributed by atoms with Crippen LogP contribution in [0.3, 0.4) is 0 Å². The van der Waals surface area contributed by atoms with E-state index in [1.165, 1.54) is 0 Å². The summed E-state index contributed by atoms with van der Waals surface area (Å²) in [6, 6.07) is 9.09. The quantitative estimate of drug-likeness (QED) is 0.542. The average Bonchev–Trinajstić information content (AvgIpc) is 2.15. The van der Waals surface area contributed by atoms with E-state index >= 15 is 0 Å². The smallest absolute Gasteiger partial charge is 0.167 e. The van der Waals surface area contributed by atoms with Gasteiger partial charge in [0.05, 0.1) is 12.7 Å². The molecule has 0 fully saturated rings. The molecule has 0 spiro atoms. The summed E-state index contributed by atoms with van der Waals surface area (Å²) in [5.41, 5.74) is 0.702. The van der Waals surface area contributed by atoms with E-state index in [1.54, 1.807) is 18.4 Å². The molecule has 1 atom stereocenters. The van der Waals surface area contributed by atoms with Gasteiger partial charge >= 0.3 is 0 Å². The molecule has 0 aliphatic rings. The van der Waals surface area contributed by atoms with Crippen molar-refractivity contribution in [1.29, 1.82) is 0 Å². The maximum Gasteiger partial charge on any atom is 0.167 e. The lowest BCUT2D eigenvalue weighted by Gasteiger charge is -2.03. The van der Waals surface area contributed by atoms with Gasteiger partial charge in [-0.2, -0.15) is 0 Å². The number of rotatable bonds is 4. The van der Waals surface area contributed by atoms with E-state index in [4.69, 9.17) is 0 Å². The summed E-state index contributed by atoms with van der Waals surface area (Å²) >= 11 is -0.881. The van der Waals surface area contributed by atoms with Gasteiger partial charge in [0.25, 0.3) is 0 Å². The van der Waals surface area contributed by atoms with Gasteiger partial charge in [-0.3, -0.25) is 4.79 Å². The monoisotopic (exact) mass is 196 g/mol. The predicted molar refractivity (Wildman–Crippen MR) is 54.3 cm³/mol. The predicted octanol–water partition coefficient (Wildman–Crippen LogP) is 1.64. The molecule has 70 valence electrons. The third-order valence-corrected chi connectivity index (χ3v) is 2.49. The van der Waals surface area contributed by atoms with E-state index in [9.17, 15) is 9.35 Å². The summed E-state index contributed by atoms with van der Waals surface area (Å²) in [5.74, 6) is 0.518. The highest BCUT2D eigenvalue weighted by molar-refractivity contribution is 7.90. The van der Waals surface area contributed by atoms with E-state index in [0.717, 1.165) is 0 Å². The Kier molecular flexibility index (Phi) is 3.99. The lowest BCUT2D eigenvalue weighted by molar-refractivity contribution is 0.0989. The molecule has 0 aliphatic carbocycles. The number of hydrogen-bond donors (Lipinski definition) is 0. The highest BCUT2D eigenvalue weighted by Gasteiger charge is 2.07. The van der Waals surface area contributed by atoms with Gasteiger partial charge in [-0.1, -0.05) is 41.5 Å². The van der Waals surface area contributed by atoms with Crippen molar-refractivity contribution < 1.29 is 9.35 Å². The Morgan fingerprint density at radius 1 is 1.38 bits per heavy atom. The summed E-state index contributed by atoms with van der Waals surface area (Å²) in [6.45, 7) is 0. The molecule has 1 rings (SSSR count). The van der Waals surface area contributed by atoms with Crippen molar-refractivity contribution in [3.8, 4) is 0 Å². The topological polar surface area (TPSA) is 40.1 Å². The summed E-state index contributed by atoms with van der Waals surface area (Å²) in [5, 5.41) is 0. The van der Waals surface area contributed by atoms with Crippen molar-refractivity contribution >= 4 is 17.0 Å². The minimum atomic E-state index is -0.881. The van der Waals surface area contributed by atoms with Crippen LogP contribution in [-0.2, 0) is 11.2 Å². The summed E-state index contributed by atoms with van der Waals surface area (Å²) in [6.07, 6.45) is 1.98. The third kappa shape index (κ3) is 3.61. The second kappa shape index (κ2) is 5.04. The number of hydrogen-bond acceptors (Lipinski definition) is 2. The normalized spacial score (nSPS) is 12.5. The molecule has 13 heavy (non-hydrogen) atoms. The lowest BCUT2D eigenvalue weighted by Crippen LogP contribution is -2.09. The Balaban J connectivity index is 2.50.